The van der Waals surface area contributed by atoms with E-state index in [1.54, 1.807) is 11.3 Å². The molecule has 0 fully saturated rings. The van der Waals surface area contributed by atoms with Crippen molar-refractivity contribution in [1.82, 2.24) is 4.98 Å². The van der Waals surface area contributed by atoms with E-state index in [0.717, 1.165) is 0 Å². The molecule has 2 aromatic heterocycles. The van der Waals surface area contributed by atoms with Crippen molar-refractivity contribution < 1.29 is 0 Å². The van der Waals surface area contributed by atoms with Gasteiger partial charge in [-0.05, 0) is 16.8 Å². The van der Waals surface area contributed by atoms with Gasteiger partial charge in [0, 0.05) is 27.0 Å². The van der Waals surface area contributed by atoms with Crippen LogP contribution in [0.3, 0.4) is 0 Å². The minimum atomic E-state index is 1.23. The van der Waals surface area contributed by atoms with Crippen molar-refractivity contribution in [2.45, 2.75) is 0 Å². The van der Waals surface area contributed by atoms with Crippen LogP contribution in [0.2, 0.25) is 0 Å². The van der Waals surface area contributed by atoms with Gasteiger partial charge in [0.1, 0.15) is 0 Å². The van der Waals surface area contributed by atoms with Crippen LogP contribution >= 0.6 is 11.3 Å². The topological polar surface area (TPSA) is 15.8 Å². The Morgan fingerprint density at radius 2 is 1.75 bits per heavy atom. The number of hydrogen-bond acceptors (Lipinski definition) is 1. The molecular formula is C14H9NS. The third-order valence-corrected chi connectivity index (χ3v) is 3.87. The zero-order valence-corrected chi connectivity index (χ0v) is 9.34. The molecule has 4 rings (SSSR count). The predicted octanol–water partition coefficient (Wildman–Crippen LogP) is 4.54. The van der Waals surface area contributed by atoms with Crippen LogP contribution in [0.15, 0.2) is 47.2 Å². The first-order chi connectivity index (χ1) is 7.93. The number of thiophene rings is 1. The molecule has 2 heterocycles. The van der Waals surface area contributed by atoms with Gasteiger partial charge in [0.2, 0.25) is 0 Å². The molecular weight excluding hydrogens is 214 g/mol. The summed E-state index contributed by atoms with van der Waals surface area (Å²) in [7, 11) is 0. The maximum absolute atomic E-state index is 3.46. The van der Waals surface area contributed by atoms with Crippen LogP contribution in [0.25, 0.3) is 32.6 Å². The minimum absolute atomic E-state index is 1.23. The highest BCUT2D eigenvalue weighted by molar-refractivity contribution is 7.09. The summed E-state index contributed by atoms with van der Waals surface area (Å²) in [6.07, 6.45) is 0. The first-order valence-corrected chi connectivity index (χ1v) is 6.23. The Morgan fingerprint density at radius 3 is 2.75 bits per heavy atom. The first kappa shape index (κ1) is 8.36. The molecule has 0 aliphatic heterocycles. The summed E-state index contributed by atoms with van der Waals surface area (Å²) >= 11 is 1.75. The number of rotatable bonds is 0. The predicted molar refractivity (Wildman–Crippen MR) is 71.2 cm³/mol. The van der Waals surface area contributed by atoms with Gasteiger partial charge in [0.05, 0.1) is 5.52 Å². The first-order valence-electron chi connectivity index (χ1n) is 5.29. The zero-order chi connectivity index (χ0) is 10.5. The molecule has 0 amide bonds. The van der Waals surface area contributed by atoms with Crippen molar-refractivity contribution in [3.05, 3.63) is 47.2 Å². The smallest absolute Gasteiger partial charge is 0.0573 e. The molecule has 0 aliphatic carbocycles. The van der Waals surface area contributed by atoms with Gasteiger partial charge in [-0.3, -0.25) is 0 Å². The van der Waals surface area contributed by atoms with Crippen LogP contribution in [-0.4, -0.2) is 4.98 Å². The van der Waals surface area contributed by atoms with E-state index in [1.807, 2.05) is 0 Å². The quantitative estimate of drug-likeness (QED) is 0.450. The van der Waals surface area contributed by atoms with Gasteiger partial charge in [-0.1, -0.05) is 30.3 Å². The van der Waals surface area contributed by atoms with Gasteiger partial charge in [0.15, 0.2) is 0 Å². The molecule has 0 atom stereocenters. The molecule has 4 aromatic rings. The summed E-state index contributed by atoms with van der Waals surface area (Å²) in [4.78, 5) is 3.46. The second-order valence-electron chi connectivity index (χ2n) is 4.03. The van der Waals surface area contributed by atoms with Crippen LogP contribution in [0.5, 0.6) is 0 Å². The van der Waals surface area contributed by atoms with Crippen molar-refractivity contribution in [2.75, 3.05) is 0 Å². The molecule has 1 nitrogen and oxygen atoms in total. The highest BCUT2D eigenvalue weighted by Crippen LogP contribution is 2.33. The zero-order valence-electron chi connectivity index (χ0n) is 8.53. The Kier molecular flexibility index (Phi) is 1.50. The number of benzene rings is 2. The van der Waals surface area contributed by atoms with Gasteiger partial charge in [-0.2, -0.15) is 0 Å². The second-order valence-corrected chi connectivity index (χ2v) is 4.78. The monoisotopic (exact) mass is 223 g/mol. The van der Waals surface area contributed by atoms with Crippen molar-refractivity contribution in [1.29, 1.82) is 0 Å². The molecule has 76 valence electrons. The molecule has 0 saturated heterocycles. The van der Waals surface area contributed by atoms with Crippen molar-refractivity contribution in [2.24, 2.45) is 0 Å². The number of nitrogens with one attached hydrogen (secondary N) is 1. The summed E-state index contributed by atoms with van der Waals surface area (Å²) in [6, 6.07) is 12.9. The Hall–Kier alpha value is -1.80. The number of H-pyrrole nitrogens is 1. The van der Waals surface area contributed by atoms with Crippen molar-refractivity contribution in [3.8, 4) is 0 Å². The number of aromatic amines is 1. The van der Waals surface area contributed by atoms with E-state index in [-0.39, 0.29) is 0 Å². The van der Waals surface area contributed by atoms with E-state index in [2.05, 4.69) is 52.1 Å². The van der Waals surface area contributed by atoms with Crippen LogP contribution in [0, 0.1) is 0 Å². The molecule has 0 unspecified atom stereocenters. The average Bonchev–Trinajstić information content (AvgIpc) is 2.88. The van der Waals surface area contributed by atoms with Crippen LogP contribution in [-0.2, 0) is 0 Å². The molecule has 0 saturated carbocycles. The van der Waals surface area contributed by atoms with E-state index >= 15 is 0 Å². The van der Waals surface area contributed by atoms with Crippen LogP contribution in [0.4, 0.5) is 0 Å². The average molecular weight is 223 g/mol. The van der Waals surface area contributed by atoms with E-state index in [4.69, 9.17) is 0 Å². The fraction of sp³-hybridized carbons (Fsp3) is 0. The summed E-state index contributed by atoms with van der Waals surface area (Å²) < 4.78 is 0. The molecule has 2 heteroatoms. The minimum Gasteiger partial charge on any atom is -0.354 e. The van der Waals surface area contributed by atoms with Gasteiger partial charge < -0.3 is 4.98 Å². The van der Waals surface area contributed by atoms with Gasteiger partial charge in [0.25, 0.3) is 0 Å². The summed E-state index contributed by atoms with van der Waals surface area (Å²) in [5, 5.41) is 9.74. The van der Waals surface area contributed by atoms with Crippen molar-refractivity contribution >= 4 is 43.9 Å². The second kappa shape index (κ2) is 2.86. The highest BCUT2D eigenvalue weighted by Gasteiger charge is 2.07. The molecule has 0 bridgehead atoms. The fourth-order valence-corrected chi connectivity index (χ4v) is 3.17. The lowest BCUT2D eigenvalue weighted by molar-refractivity contribution is 1.57. The largest absolute Gasteiger partial charge is 0.354 e. The standard InChI is InChI=1S/C14H9NS/c1-2-4-10-9(3-1)5-6-12-14(10)11-7-16-8-13(11)15-12/h1-8,15H. The maximum atomic E-state index is 3.46. The SMILES string of the molecule is c1ccc2c(c1)ccc1[nH]c3cscc3c12. The Balaban J connectivity index is 2.41. The third-order valence-electron chi connectivity index (χ3n) is 3.13. The molecule has 16 heavy (non-hydrogen) atoms. The Morgan fingerprint density at radius 1 is 0.812 bits per heavy atom. The van der Waals surface area contributed by atoms with Crippen LogP contribution < -0.4 is 0 Å². The lowest BCUT2D eigenvalue weighted by atomic mass is 10.1. The molecule has 0 aliphatic rings. The van der Waals surface area contributed by atoms with E-state index in [9.17, 15) is 0 Å². The van der Waals surface area contributed by atoms with E-state index in [0.29, 0.717) is 0 Å². The molecule has 0 spiro atoms. The van der Waals surface area contributed by atoms with Crippen LogP contribution in [0.1, 0.15) is 0 Å². The lowest BCUT2D eigenvalue weighted by Crippen LogP contribution is -1.73. The Bertz CT molecular complexity index is 807. The number of hydrogen-bond donors (Lipinski definition) is 1. The van der Waals surface area contributed by atoms with Crippen molar-refractivity contribution in [3.63, 3.8) is 0 Å². The maximum Gasteiger partial charge on any atom is 0.0573 e. The summed E-state index contributed by atoms with van der Waals surface area (Å²) in [5.41, 5.74) is 2.48. The van der Waals surface area contributed by atoms with Gasteiger partial charge >= 0.3 is 0 Å². The molecule has 2 aromatic carbocycles. The van der Waals surface area contributed by atoms with E-state index < -0.39 is 0 Å². The number of aromatic nitrogens is 1. The van der Waals surface area contributed by atoms with E-state index in [1.165, 1.54) is 32.6 Å². The van der Waals surface area contributed by atoms with Gasteiger partial charge in [-0.25, -0.2) is 0 Å². The summed E-state index contributed by atoms with van der Waals surface area (Å²) in [5.74, 6) is 0. The highest BCUT2D eigenvalue weighted by atomic mass is 32.1. The normalized spacial score (nSPS) is 11.8. The number of fused-ring (bicyclic) bond motifs is 5. The van der Waals surface area contributed by atoms with Gasteiger partial charge in [-0.15, -0.1) is 11.3 Å². The third kappa shape index (κ3) is 0.947. The molecule has 0 radical (unpaired) electrons. The fourth-order valence-electron chi connectivity index (χ4n) is 2.40. The molecule has 1 N–H and O–H groups in total. The Labute approximate surface area is 96.3 Å². The summed E-state index contributed by atoms with van der Waals surface area (Å²) in [6.45, 7) is 0. The lowest BCUT2D eigenvalue weighted by Gasteiger charge is -1.98.